The predicted molar refractivity (Wildman–Crippen MR) is 38.3 cm³/mol. The van der Waals surface area contributed by atoms with Crippen LogP contribution < -0.4 is 0 Å². The maximum absolute atomic E-state index is 5.20. The van der Waals surface area contributed by atoms with Crippen LogP contribution >= 0.6 is 0 Å². The quantitative estimate of drug-likeness (QED) is 0.510. The molecule has 0 aromatic heterocycles. The van der Waals surface area contributed by atoms with Crippen molar-refractivity contribution in [2.45, 2.75) is 6.42 Å². The Labute approximate surface area is 56.0 Å². The molecule has 1 nitrogen and oxygen atoms in total. The highest BCUT2D eigenvalue weighted by atomic mass is 16.5. The van der Waals surface area contributed by atoms with Crippen LogP contribution in [0.2, 0.25) is 0 Å². The second-order valence-electron chi connectivity index (χ2n) is 2.44. The van der Waals surface area contributed by atoms with Gasteiger partial charge in [-0.1, -0.05) is 12.2 Å². The Balaban J connectivity index is 2.66. The maximum Gasteiger partial charge on any atom is 0.0592 e. The molecule has 0 bridgehead atoms. The van der Waals surface area contributed by atoms with Crippen LogP contribution in [0.4, 0.5) is 0 Å². The molecule has 50 valence electrons. The van der Waals surface area contributed by atoms with Gasteiger partial charge in [-0.2, -0.15) is 0 Å². The fourth-order valence-corrected chi connectivity index (χ4v) is 1.00. The van der Waals surface area contributed by atoms with Crippen molar-refractivity contribution < 1.29 is 4.74 Å². The zero-order valence-electron chi connectivity index (χ0n) is 5.60. The summed E-state index contributed by atoms with van der Waals surface area (Å²) in [5, 5.41) is 0. The van der Waals surface area contributed by atoms with Crippen LogP contribution in [0, 0.1) is 5.41 Å². The molecular weight excluding hydrogens is 112 g/mol. The van der Waals surface area contributed by atoms with Gasteiger partial charge < -0.3 is 4.74 Å². The van der Waals surface area contributed by atoms with E-state index in [2.05, 4.69) is 13.2 Å². The lowest BCUT2D eigenvalue weighted by Crippen LogP contribution is -2.12. The second kappa shape index (κ2) is 2.36. The summed E-state index contributed by atoms with van der Waals surface area (Å²) in [5.74, 6) is 0. The van der Waals surface area contributed by atoms with E-state index in [-0.39, 0.29) is 5.41 Å². The van der Waals surface area contributed by atoms with E-state index >= 15 is 0 Å². The molecule has 1 aliphatic heterocycles. The Hall–Kier alpha value is -0.560. The lowest BCUT2D eigenvalue weighted by Gasteiger charge is -2.15. The van der Waals surface area contributed by atoms with Crippen LogP contribution in [0.15, 0.2) is 25.3 Å². The minimum atomic E-state index is 0.0833. The van der Waals surface area contributed by atoms with Gasteiger partial charge in [0.25, 0.3) is 0 Å². The molecule has 1 rings (SSSR count). The SMILES string of the molecule is C=CC1(C=C)CCOC1. The summed E-state index contributed by atoms with van der Waals surface area (Å²) >= 11 is 0. The van der Waals surface area contributed by atoms with E-state index in [1.807, 2.05) is 12.2 Å². The van der Waals surface area contributed by atoms with Gasteiger partial charge in [0.15, 0.2) is 0 Å². The third kappa shape index (κ3) is 1.06. The molecule has 0 amide bonds. The van der Waals surface area contributed by atoms with Gasteiger partial charge in [-0.15, -0.1) is 13.2 Å². The Kier molecular flexibility index (Phi) is 1.72. The van der Waals surface area contributed by atoms with Crippen LogP contribution in [-0.4, -0.2) is 13.2 Å². The van der Waals surface area contributed by atoms with Gasteiger partial charge in [-0.3, -0.25) is 0 Å². The van der Waals surface area contributed by atoms with E-state index in [4.69, 9.17) is 4.74 Å². The molecular formula is C8H12O. The molecule has 1 heterocycles. The number of hydrogen-bond acceptors (Lipinski definition) is 1. The van der Waals surface area contributed by atoms with Gasteiger partial charge >= 0.3 is 0 Å². The average molecular weight is 124 g/mol. The Morgan fingerprint density at radius 2 is 2.00 bits per heavy atom. The first-order valence-corrected chi connectivity index (χ1v) is 3.18. The van der Waals surface area contributed by atoms with E-state index in [9.17, 15) is 0 Å². The summed E-state index contributed by atoms with van der Waals surface area (Å²) in [4.78, 5) is 0. The summed E-state index contributed by atoms with van der Waals surface area (Å²) in [6.07, 6.45) is 4.89. The third-order valence-electron chi connectivity index (χ3n) is 1.90. The molecule has 0 atom stereocenters. The molecule has 0 N–H and O–H groups in total. The van der Waals surface area contributed by atoms with Crippen LogP contribution in [0.5, 0.6) is 0 Å². The van der Waals surface area contributed by atoms with Crippen LogP contribution in [0.1, 0.15) is 6.42 Å². The minimum absolute atomic E-state index is 0.0833. The maximum atomic E-state index is 5.20. The van der Waals surface area contributed by atoms with Crippen molar-refractivity contribution in [3.63, 3.8) is 0 Å². The second-order valence-corrected chi connectivity index (χ2v) is 2.44. The van der Waals surface area contributed by atoms with Gasteiger partial charge in [0, 0.05) is 12.0 Å². The molecule has 0 spiro atoms. The number of hydrogen-bond donors (Lipinski definition) is 0. The topological polar surface area (TPSA) is 9.23 Å². The molecule has 0 saturated carbocycles. The Morgan fingerprint density at radius 3 is 2.22 bits per heavy atom. The first-order chi connectivity index (χ1) is 4.33. The molecule has 1 aliphatic rings. The highest BCUT2D eigenvalue weighted by Crippen LogP contribution is 2.30. The monoisotopic (exact) mass is 124 g/mol. The normalized spacial score (nSPS) is 23.6. The predicted octanol–water partition coefficient (Wildman–Crippen LogP) is 1.77. The molecule has 1 fully saturated rings. The number of ether oxygens (including phenoxy) is 1. The smallest absolute Gasteiger partial charge is 0.0592 e. The van der Waals surface area contributed by atoms with Crippen molar-refractivity contribution in [2.75, 3.05) is 13.2 Å². The molecule has 0 radical (unpaired) electrons. The number of rotatable bonds is 2. The summed E-state index contributed by atoms with van der Waals surface area (Å²) in [5.41, 5.74) is 0.0833. The summed E-state index contributed by atoms with van der Waals surface area (Å²) in [7, 11) is 0. The van der Waals surface area contributed by atoms with Crippen LogP contribution in [0.3, 0.4) is 0 Å². The summed E-state index contributed by atoms with van der Waals surface area (Å²) in [6, 6.07) is 0. The lowest BCUT2D eigenvalue weighted by molar-refractivity contribution is 0.181. The van der Waals surface area contributed by atoms with E-state index < -0.39 is 0 Å². The van der Waals surface area contributed by atoms with E-state index in [0.29, 0.717) is 0 Å². The van der Waals surface area contributed by atoms with Crippen LogP contribution in [0.25, 0.3) is 0 Å². The fraction of sp³-hybridized carbons (Fsp3) is 0.500. The van der Waals surface area contributed by atoms with Crippen molar-refractivity contribution in [2.24, 2.45) is 5.41 Å². The zero-order valence-corrected chi connectivity index (χ0v) is 5.60. The standard InChI is InChI=1S/C8H12O/c1-3-8(4-2)5-6-9-7-8/h3-4H,1-2,5-7H2. The molecule has 0 aromatic rings. The van der Waals surface area contributed by atoms with Crippen molar-refractivity contribution >= 4 is 0 Å². The molecule has 0 aliphatic carbocycles. The largest absolute Gasteiger partial charge is 0.380 e. The minimum Gasteiger partial charge on any atom is -0.380 e. The third-order valence-corrected chi connectivity index (χ3v) is 1.90. The Morgan fingerprint density at radius 1 is 1.33 bits per heavy atom. The van der Waals surface area contributed by atoms with Gasteiger partial charge in [-0.05, 0) is 6.42 Å². The highest BCUT2D eigenvalue weighted by Gasteiger charge is 2.27. The van der Waals surface area contributed by atoms with Gasteiger partial charge in [0.05, 0.1) is 6.61 Å². The molecule has 1 saturated heterocycles. The molecule has 9 heavy (non-hydrogen) atoms. The van der Waals surface area contributed by atoms with Gasteiger partial charge in [-0.25, -0.2) is 0 Å². The summed E-state index contributed by atoms with van der Waals surface area (Å²) < 4.78 is 5.20. The van der Waals surface area contributed by atoms with E-state index in [1.165, 1.54) is 0 Å². The van der Waals surface area contributed by atoms with E-state index in [1.54, 1.807) is 0 Å². The first-order valence-electron chi connectivity index (χ1n) is 3.18. The molecule has 0 unspecified atom stereocenters. The van der Waals surface area contributed by atoms with E-state index in [0.717, 1.165) is 19.6 Å². The zero-order chi connectivity index (χ0) is 6.74. The Bertz CT molecular complexity index is 111. The molecule has 0 aromatic carbocycles. The first kappa shape index (κ1) is 6.56. The van der Waals surface area contributed by atoms with Gasteiger partial charge in [0.1, 0.15) is 0 Å². The lowest BCUT2D eigenvalue weighted by atomic mass is 9.88. The van der Waals surface area contributed by atoms with Gasteiger partial charge in [0.2, 0.25) is 0 Å². The fourth-order valence-electron chi connectivity index (χ4n) is 1.00. The average Bonchev–Trinajstić information content (AvgIpc) is 2.36. The van der Waals surface area contributed by atoms with Crippen LogP contribution in [-0.2, 0) is 4.74 Å². The molecule has 1 heteroatoms. The van der Waals surface area contributed by atoms with Crippen molar-refractivity contribution in [3.8, 4) is 0 Å². The highest BCUT2D eigenvalue weighted by molar-refractivity contribution is 5.08. The summed E-state index contributed by atoms with van der Waals surface area (Å²) in [6.45, 7) is 9.08. The van der Waals surface area contributed by atoms with Crippen molar-refractivity contribution in [3.05, 3.63) is 25.3 Å². The van der Waals surface area contributed by atoms with Crippen molar-refractivity contribution in [1.82, 2.24) is 0 Å². The van der Waals surface area contributed by atoms with Crippen molar-refractivity contribution in [1.29, 1.82) is 0 Å².